The Kier molecular flexibility index (Phi) is 14.0. The average molecular weight is 776 g/mol. The topological polar surface area (TPSA) is 26.3 Å². The maximum atomic E-state index is 5.79. The molecule has 2 heterocycles. The Balaban J connectivity index is 0.000000214. The summed E-state index contributed by atoms with van der Waals surface area (Å²) in [6.07, 6.45) is 0. The molecule has 0 saturated heterocycles. The molecule has 52 heavy (non-hydrogen) atoms. The molecule has 0 fully saturated rings. The van der Waals surface area contributed by atoms with Gasteiger partial charge in [-0.3, -0.25) is 0 Å². The number of hydrogen-bond donors (Lipinski definition) is 0. The Bertz CT molecular complexity index is 2160. The summed E-state index contributed by atoms with van der Waals surface area (Å²) in [7, 11) is 0. The van der Waals surface area contributed by atoms with E-state index in [1.807, 2.05) is 38.1 Å². The number of benzene rings is 4. The van der Waals surface area contributed by atoms with Crippen LogP contribution in [-0.4, -0.2) is 6.88 Å². The molecule has 2 nitrogen and oxygen atoms in total. The standard InChI is InChI=1S/2C23H21O.2CH3.Si.Zr/c2*1-15(2)17-8-10-18(11-9-17)21-6-4-5-19-13-20(14-22(19)21)23-12-7-16(3)24-23;;;;/h2*4-15H,1-3H3;2*1H3;;/q4*-1;;. The molecule has 0 atom stereocenters. The molecule has 4 heteroatoms. The molecule has 0 spiro atoms. The van der Waals surface area contributed by atoms with E-state index in [-0.39, 0.29) is 14.9 Å². The van der Waals surface area contributed by atoms with Crippen molar-refractivity contribution < 1.29 is 32.2 Å². The molecule has 0 amide bonds. The quantitative estimate of drug-likeness (QED) is 0.124. The van der Waals surface area contributed by atoms with E-state index in [9.17, 15) is 0 Å². The van der Waals surface area contributed by atoms with Gasteiger partial charge in [-0.15, -0.1) is 57.9 Å². The number of furan rings is 2. The zero-order valence-corrected chi connectivity index (χ0v) is 35.1. The third kappa shape index (κ3) is 8.85. The van der Waals surface area contributed by atoms with Gasteiger partial charge in [-0.25, -0.2) is 0 Å². The van der Waals surface area contributed by atoms with Crippen LogP contribution < -0.4 is 0 Å². The van der Waals surface area contributed by atoms with Crippen LogP contribution in [0.15, 0.2) is 142 Å². The minimum atomic E-state index is 0. The van der Waals surface area contributed by atoms with E-state index in [1.54, 1.807) is 0 Å². The molecule has 8 rings (SSSR count). The zero-order chi connectivity index (χ0) is 35.4. The van der Waals surface area contributed by atoms with Gasteiger partial charge in [0.1, 0.15) is 0 Å². The first-order chi connectivity index (χ1) is 24.2. The van der Waals surface area contributed by atoms with Crippen LogP contribution in [0, 0.1) is 28.7 Å². The fraction of sp³-hybridized carbons (Fsp3) is 0.167. The molecule has 6 aromatic carbocycles. The third-order valence-corrected chi connectivity index (χ3v) is 9.33. The summed E-state index contributed by atoms with van der Waals surface area (Å²) >= 11 is 1.36. The van der Waals surface area contributed by atoms with E-state index >= 15 is 0 Å². The Hall–Kier alpha value is -4.24. The average Bonchev–Trinajstić information content (AvgIpc) is 3.95. The van der Waals surface area contributed by atoms with E-state index in [0.29, 0.717) is 11.8 Å². The van der Waals surface area contributed by atoms with Crippen LogP contribution in [0.3, 0.4) is 0 Å². The predicted molar refractivity (Wildman–Crippen MR) is 222 cm³/mol. The molecule has 0 bridgehead atoms. The summed E-state index contributed by atoms with van der Waals surface area (Å²) in [5.41, 5.74) is 10.1. The summed E-state index contributed by atoms with van der Waals surface area (Å²) < 4.78 is 11.6. The van der Waals surface area contributed by atoms with Gasteiger partial charge in [0, 0.05) is 0 Å². The molecular weight excluding hydrogens is 728 g/mol. The van der Waals surface area contributed by atoms with Crippen LogP contribution in [0.25, 0.3) is 66.4 Å². The molecule has 0 aliphatic carbocycles. The van der Waals surface area contributed by atoms with Gasteiger partial charge in [0.05, 0.1) is 23.0 Å². The molecule has 0 unspecified atom stereocenters. The number of hydrogen-bond acceptors (Lipinski definition) is 2. The fourth-order valence-corrected chi connectivity index (χ4v) is 6.53. The van der Waals surface area contributed by atoms with Gasteiger partial charge < -0.3 is 23.7 Å². The molecule has 264 valence electrons. The van der Waals surface area contributed by atoms with E-state index in [1.165, 1.54) is 78.3 Å². The van der Waals surface area contributed by atoms with Crippen LogP contribution >= 0.6 is 0 Å². The Morgan fingerprint density at radius 3 is 1.17 bits per heavy atom. The van der Waals surface area contributed by atoms with Gasteiger partial charge >= 0.3 is 30.2 Å². The van der Waals surface area contributed by atoms with Crippen molar-refractivity contribution in [2.45, 2.75) is 53.4 Å². The normalized spacial score (nSPS) is 10.7. The summed E-state index contributed by atoms with van der Waals surface area (Å²) in [5.74, 6) is 4.87. The number of aryl methyl sites for hydroxylation is 2. The van der Waals surface area contributed by atoms with Gasteiger partial charge in [-0.2, -0.15) is 0 Å². The van der Waals surface area contributed by atoms with Crippen molar-refractivity contribution in [3.8, 4) is 44.9 Å². The number of rotatable bonds is 6. The monoisotopic (exact) mass is 774 g/mol. The summed E-state index contributed by atoms with van der Waals surface area (Å²) in [6, 6.07) is 47.8. The second-order valence-electron chi connectivity index (χ2n) is 13.5. The second-order valence-corrected chi connectivity index (χ2v) is 13.5. The van der Waals surface area contributed by atoms with Crippen LogP contribution in [0.5, 0.6) is 0 Å². The molecule has 2 radical (unpaired) electrons. The van der Waals surface area contributed by atoms with Crippen LogP contribution in [-0.2, 0) is 23.3 Å². The fourth-order valence-electron chi connectivity index (χ4n) is 6.53. The van der Waals surface area contributed by atoms with Gasteiger partial charge in [-0.1, -0.05) is 123 Å². The van der Waals surface area contributed by atoms with Crippen LogP contribution in [0.1, 0.15) is 62.2 Å². The van der Waals surface area contributed by atoms with Crippen molar-refractivity contribution in [2.75, 3.05) is 0 Å². The van der Waals surface area contributed by atoms with Gasteiger partial charge in [-0.05, 0) is 72.2 Å². The Morgan fingerprint density at radius 2 is 0.865 bits per heavy atom. The number of fused-ring (bicyclic) bond motifs is 2. The summed E-state index contributed by atoms with van der Waals surface area (Å²) in [4.78, 5) is 0. The van der Waals surface area contributed by atoms with Gasteiger partial charge in [0.25, 0.3) is 0 Å². The first kappa shape index (κ1) is 40.5. The molecular formula is C48H48O2SiZr-4. The predicted octanol–water partition coefficient (Wildman–Crippen LogP) is 14.4. The van der Waals surface area contributed by atoms with E-state index in [0.717, 1.165) is 34.2 Å². The Morgan fingerprint density at radius 1 is 0.500 bits per heavy atom. The van der Waals surface area contributed by atoms with E-state index < -0.39 is 0 Å². The van der Waals surface area contributed by atoms with E-state index in [2.05, 4.69) is 144 Å². The van der Waals surface area contributed by atoms with Crippen molar-refractivity contribution in [1.29, 1.82) is 0 Å². The molecule has 2 aromatic heterocycles. The van der Waals surface area contributed by atoms with Crippen molar-refractivity contribution in [1.82, 2.24) is 0 Å². The van der Waals surface area contributed by atoms with Gasteiger partial charge in [0.2, 0.25) is 0 Å². The van der Waals surface area contributed by atoms with Crippen LogP contribution in [0.4, 0.5) is 0 Å². The first-order valence-electron chi connectivity index (χ1n) is 17.2. The van der Waals surface area contributed by atoms with Crippen molar-refractivity contribution in [3.05, 3.63) is 171 Å². The first-order valence-corrected chi connectivity index (χ1v) is 21.4. The SMILES string of the molecule is Cc1ccc(-c2cc3c(-c4ccc(C(C)C)cc4)cccc3[cH-]2)o1.Cc1ccc(-c2cc3c(-c4ccc(C(C)C)cc4)cccc3[cH-]2)o1.[CH3-].[CH3-].[Si]=[Zr]. The Labute approximate surface area is 327 Å². The van der Waals surface area contributed by atoms with Gasteiger partial charge in [0.15, 0.2) is 0 Å². The van der Waals surface area contributed by atoms with Crippen molar-refractivity contribution >= 4 is 28.4 Å². The molecule has 0 saturated carbocycles. The van der Waals surface area contributed by atoms with Crippen molar-refractivity contribution in [2.24, 2.45) is 0 Å². The van der Waals surface area contributed by atoms with Crippen LogP contribution in [0.2, 0.25) is 0 Å². The summed E-state index contributed by atoms with van der Waals surface area (Å²) in [5, 5.41) is 5.06. The molecule has 0 N–H and O–H groups in total. The maximum absolute atomic E-state index is 5.79. The zero-order valence-electron chi connectivity index (χ0n) is 31.7. The van der Waals surface area contributed by atoms with Crippen molar-refractivity contribution in [3.63, 3.8) is 0 Å². The minimum absolute atomic E-state index is 0. The summed E-state index contributed by atoms with van der Waals surface area (Å²) in [6.45, 7) is 15.9. The third-order valence-electron chi connectivity index (χ3n) is 9.33. The second kappa shape index (κ2) is 18.0. The molecule has 0 aliphatic heterocycles. The molecule has 0 aliphatic rings. The van der Waals surface area contributed by atoms with E-state index in [4.69, 9.17) is 8.83 Å². The molecule has 8 aromatic rings.